The lowest BCUT2D eigenvalue weighted by molar-refractivity contribution is 0.158. The number of aryl methyl sites for hydroxylation is 1. The number of ether oxygens (including phenoxy) is 1. The third-order valence-corrected chi connectivity index (χ3v) is 2.10. The molecule has 0 bridgehead atoms. The number of hydrogen-bond donors (Lipinski definition) is 1. The molecule has 4 nitrogen and oxygen atoms in total. The molecule has 0 saturated heterocycles. The van der Waals surface area contributed by atoms with Crippen LogP contribution in [0.15, 0.2) is 30.9 Å². The van der Waals surface area contributed by atoms with Crippen LogP contribution in [-0.2, 0) is 11.3 Å². The fourth-order valence-electron chi connectivity index (χ4n) is 1.32. The summed E-state index contributed by atoms with van der Waals surface area (Å²) in [5.41, 5.74) is 1.07. The maximum absolute atomic E-state index is 5.37. The van der Waals surface area contributed by atoms with Crippen molar-refractivity contribution >= 4 is 0 Å². The van der Waals surface area contributed by atoms with E-state index in [-0.39, 0.29) is 0 Å². The van der Waals surface area contributed by atoms with Gasteiger partial charge in [0, 0.05) is 25.5 Å². The summed E-state index contributed by atoms with van der Waals surface area (Å²) in [6.07, 6.45) is 6.74. The molecule has 0 saturated carbocycles. The highest BCUT2D eigenvalue weighted by molar-refractivity contribution is 4.87. The first-order valence-corrected chi connectivity index (χ1v) is 5.67. The lowest BCUT2D eigenvalue weighted by atomic mass is 10.4. The Morgan fingerprint density at radius 2 is 2.38 bits per heavy atom. The number of nitrogens with zero attached hydrogens (tertiary/aromatic N) is 2. The lowest BCUT2D eigenvalue weighted by Crippen LogP contribution is -2.22. The van der Waals surface area contributed by atoms with Crippen LogP contribution in [-0.4, -0.2) is 35.9 Å². The Morgan fingerprint density at radius 3 is 3.06 bits per heavy atom. The normalized spacial score (nSPS) is 10.6. The standard InChI is InChI=1S/C12H21N3O/c1-12(2)10-16-9-6-13-4-3-7-15-8-5-14-11-15/h5,8,11,13H,1,3-4,6-7,9-10H2,2H3. The molecule has 0 aliphatic heterocycles. The van der Waals surface area contributed by atoms with Gasteiger partial charge in [0.15, 0.2) is 0 Å². The maximum Gasteiger partial charge on any atom is 0.0945 e. The number of nitrogens with one attached hydrogen (secondary N) is 1. The third-order valence-electron chi connectivity index (χ3n) is 2.10. The van der Waals surface area contributed by atoms with Gasteiger partial charge in [-0.25, -0.2) is 4.98 Å². The summed E-state index contributed by atoms with van der Waals surface area (Å²) in [4.78, 5) is 3.99. The van der Waals surface area contributed by atoms with Crippen molar-refractivity contribution in [1.29, 1.82) is 0 Å². The van der Waals surface area contributed by atoms with E-state index < -0.39 is 0 Å². The van der Waals surface area contributed by atoms with E-state index in [9.17, 15) is 0 Å². The van der Waals surface area contributed by atoms with Crippen LogP contribution >= 0.6 is 0 Å². The molecule has 1 rings (SSSR count). The van der Waals surface area contributed by atoms with Crippen LogP contribution in [0.4, 0.5) is 0 Å². The molecule has 0 amide bonds. The summed E-state index contributed by atoms with van der Waals surface area (Å²) in [6, 6.07) is 0. The van der Waals surface area contributed by atoms with E-state index in [0.29, 0.717) is 6.61 Å². The Bertz CT molecular complexity index is 282. The van der Waals surface area contributed by atoms with Gasteiger partial charge in [-0.05, 0) is 19.9 Å². The summed E-state index contributed by atoms with van der Waals surface area (Å²) in [6.45, 7) is 10.1. The van der Waals surface area contributed by atoms with Crippen molar-refractivity contribution in [2.24, 2.45) is 0 Å². The van der Waals surface area contributed by atoms with Crippen molar-refractivity contribution < 1.29 is 4.74 Å². The minimum atomic E-state index is 0.663. The van der Waals surface area contributed by atoms with Crippen molar-refractivity contribution in [2.75, 3.05) is 26.3 Å². The van der Waals surface area contributed by atoms with E-state index in [0.717, 1.165) is 38.2 Å². The Hall–Kier alpha value is -1.13. The zero-order valence-electron chi connectivity index (χ0n) is 9.98. The average Bonchev–Trinajstić information content (AvgIpc) is 2.74. The zero-order chi connectivity index (χ0) is 11.6. The van der Waals surface area contributed by atoms with Crippen molar-refractivity contribution in [2.45, 2.75) is 19.9 Å². The fourth-order valence-corrected chi connectivity index (χ4v) is 1.32. The van der Waals surface area contributed by atoms with Crippen LogP contribution in [0.2, 0.25) is 0 Å². The SMILES string of the molecule is C=C(C)COCCNCCCn1ccnc1. The molecule has 4 heteroatoms. The van der Waals surface area contributed by atoms with Crippen molar-refractivity contribution in [3.63, 3.8) is 0 Å². The second-order valence-corrected chi connectivity index (χ2v) is 3.91. The molecule has 1 aromatic rings. The highest BCUT2D eigenvalue weighted by atomic mass is 16.5. The van der Waals surface area contributed by atoms with Crippen molar-refractivity contribution in [1.82, 2.24) is 14.9 Å². The van der Waals surface area contributed by atoms with Crippen LogP contribution in [0.1, 0.15) is 13.3 Å². The van der Waals surface area contributed by atoms with Crippen molar-refractivity contribution in [3.05, 3.63) is 30.9 Å². The Balaban J connectivity index is 1.83. The summed E-state index contributed by atoms with van der Waals surface area (Å²) < 4.78 is 7.45. The van der Waals surface area contributed by atoms with Gasteiger partial charge >= 0.3 is 0 Å². The molecule has 0 fully saturated rings. The molecule has 90 valence electrons. The summed E-state index contributed by atoms with van der Waals surface area (Å²) in [5.74, 6) is 0. The Morgan fingerprint density at radius 1 is 1.50 bits per heavy atom. The number of hydrogen-bond acceptors (Lipinski definition) is 3. The van der Waals surface area contributed by atoms with E-state index in [1.54, 1.807) is 6.20 Å². The summed E-state index contributed by atoms with van der Waals surface area (Å²) in [7, 11) is 0. The average molecular weight is 223 g/mol. The number of imidazole rings is 1. The zero-order valence-corrected chi connectivity index (χ0v) is 9.98. The first-order valence-electron chi connectivity index (χ1n) is 5.67. The van der Waals surface area contributed by atoms with Gasteiger partial charge in [-0.15, -0.1) is 0 Å². The lowest BCUT2D eigenvalue weighted by Gasteiger charge is -2.06. The minimum Gasteiger partial charge on any atom is -0.376 e. The molecular weight excluding hydrogens is 202 g/mol. The molecule has 1 N–H and O–H groups in total. The number of rotatable bonds is 9. The third kappa shape index (κ3) is 6.37. The Kier molecular flexibility index (Phi) is 6.53. The molecule has 1 aromatic heterocycles. The molecule has 0 aliphatic rings. The molecule has 1 heterocycles. The van der Waals surface area contributed by atoms with Gasteiger partial charge < -0.3 is 14.6 Å². The first kappa shape index (κ1) is 12.9. The highest BCUT2D eigenvalue weighted by Gasteiger charge is 1.91. The van der Waals surface area contributed by atoms with E-state index in [4.69, 9.17) is 4.74 Å². The van der Waals surface area contributed by atoms with Crippen LogP contribution in [0.3, 0.4) is 0 Å². The molecule has 16 heavy (non-hydrogen) atoms. The molecular formula is C12H21N3O. The quantitative estimate of drug-likeness (QED) is 0.509. The van der Waals surface area contributed by atoms with Gasteiger partial charge in [-0.1, -0.05) is 12.2 Å². The van der Waals surface area contributed by atoms with E-state index >= 15 is 0 Å². The maximum atomic E-state index is 5.37. The molecule has 0 spiro atoms. The van der Waals surface area contributed by atoms with Crippen LogP contribution in [0, 0.1) is 0 Å². The van der Waals surface area contributed by atoms with Crippen LogP contribution in [0.25, 0.3) is 0 Å². The minimum absolute atomic E-state index is 0.663. The van der Waals surface area contributed by atoms with Gasteiger partial charge in [0.25, 0.3) is 0 Å². The summed E-state index contributed by atoms with van der Waals surface area (Å²) >= 11 is 0. The van der Waals surface area contributed by atoms with Gasteiger partial charge in [0.1, 0.15) is 0 Å². The van der Waals surface area contributed by atoms with E-state index in [2.05, 4.69) is 21.4 Å². The molecule has 0 aliphatic carbocycles. The molecule has 0 aromatic carbocycles. The van der Waals surface area contributed by atoms with Gasteiger partial charge in [0.2, 0.25) is 0 Å². The van der Waals surface area contributed by atoms with Gasteiger partial charge in [0.05, 0.1) is 19.5 Å². The molecule has 0 atom stereocenters. The second kappa shape index (κ2) is 8.07. The predicted octanol–water partition coefficient (Wildman–Crippen LogP) is 1.46. The van der Waals surface area contributed by atoms with Gasteiger partial charge in [-0.2, -0.15) is 0 Å². The van der Waals surface area contributed by atoms with Crippen LogP contribution in [0.5, 0.6) is 0 Å². The smallest absolute Gasteiger partial charge is 0.0945 e. The van der Waals surface area contributed by atoms with Gasteiger partial charge in [-0.3, -0.25) is 0 Å². The second-order valence-electron chi connectivity index (χ2n) is 3.91. The Labute approximate surface area is 97.3 Å². The monoisotopic (exact) mass is 223 g/mol. The van der Waals surface area contributed by atoms with Crippen LogP contribution < -0.4 is 5.32 Å². The van der Waals surface area contributed by atoms with Crippen molar-refractivity contribution in [3.8, 4) is 0 Å². The first-order chi connectivity index (χ1) is 7.79. The summed E-state index contributed by atoms with van der Waals surface area (Å²) in [5, 5.41) is 3.33. The molecule has 0 radical (unpaired) electrons. The fraction of sp³-hybridized carbons (Fsp3) is 0.583. The molecule has 0 unspecified atom stereocenters. The van der Waals surface area contributed by atoms with E-state index in [1.165, 1.54) is 0 Å². The highest BCUT2D eigenvalue weighted by Crippen LogP contribution is 1.89. The number of aromatic nitrogens is 2. The topological polar surface area (TPSA) is 39.1 Å². The predicted molar refractivity (Wildman–Crippen MR) is 65.3 cm³/mol. The van der Waals surface area contributed by atoms with E-state index in [1.807, 2.05) is 19.4 Å². The largest absolute Gasteiger partial charge is 0.376 e.